The van der Waals surface area contributed by atoms with Crippen molar-refractivity contribution < 1.29 is 4.79 Å². The molecule has 0 fully saturated rings. The van der Waals surface area contributed by atoms with E-state index < -0.39 is 0 Å². The normalized spacial score (nSPS) is 9.77. The van der Waals surface area contributed by atoms with Crippen molar-refractivity contribution >= 4 is 5.91 Å². The summed E-state index contributed by atoms with van der Waals surface area (Å²) in [7, 11) is 3.14. The van der Waals surface area contributed by atoms with Crippen LogP contribution in [0.2, 0.25) is 0 Å². The van der Waals surface area contributed by atoms with Crippen LogP contribution in [-0.2, 0) is 7.05 Å². The minimum absolute atomic E-state index is 0.176. The Morgan fingerprint density at radius 1 is 1.46 bits per heavy atom. The van der Waals surface area contributed by atoms with Crippen LogP contribution in [0.1, 0.15) is 16.1 Å². The fourth-order valence-corrected chi connectivity index (χ4v) is 1.04. The maximum absolute atomic E-state index is 11.5. The number of amides is 1. The molecule has 0 saturated heterocycles. The van der Waals surface area contributed by atoms with E-state index in [-0.39, 0.29) is 17.0 Å². The van der Waals surface area contributed by atoms with E-state index in [9.17, 15) is 9.59 Å². The molecule has 0 aliphatic heterocycles. The van der Waals surface area contributed by atoms with Crippen molar-refractivity contribution in [3.05, 3.63) is 33.7 Å². The summed E-state index contributed by atoms with van der Waals surface area (Å²) in [4.78, 5) is 22.7. The first-order chi connectivity index (χ1) is 6.07. The lowest BCUT2D eigenvalue weighted by Crippen LogP contribution is -2.30. The topological polar surface area (TPSA) is 51.1 Å². The molecule has 1 amide bonds. The summed E-state index contributed by atoms with van der Waals surface area (Å²) in [5.41, 5.74) is 0.743. The van der Waals surface area contributed by atoms with Gasteiger partial charge in [-0.1, -0.05) is 0 Å². The molecule has 1 rings (SSSR count). The van der Waals surface area contributed by atoms with Gasteiger partial charge >= 0.3 is 0 Å². The Balaban J connectivity index is 3.35. The van der Waals surface area contributed by atoms with E-state index in [1.54, 1.807) is 13.1 Å². The van der Waals surface area contributed by atoms with Gasteiger partial charge in [-0.2, -0.15) is 0 Å². The first-order valence-corrected chi connectivity index (χ1v) is 3.96. The Labute approximate surface area is 76.2 Å². The molecule has 4 nitrogen and oxygen atoms in total. The summed E-state index contributed by atoms with van der Waals surface area (Å²) in [6, 6.07) is 3.28. The number of nitrogens with zero attached hydrogens (tertiary/aromatic N) is 1. The highest BCUT2D eigenvalue weighted by Gasteiger charge is 2.09. The second-order valence-electron chi connectivity index (χ2n) is 2.83. The lowest BCUT2D eigenvalue weighted by Gasteiger charge is -2.05. The summed E-state index contributed by atoms with van der Waals surface area (Å²) >= 11 is 0. The first kappa shape index (κ1) is 9.51. The van der Waals surface area contributed by atoms with Crippen LogP contribution in [0.15, 0.2) is 16.9 Å². The summed E-state index contributed by atoms with van der Waals surface area (Å²) in [5.74, 6) is -0.347. The van der Waals surface area contributed by atoms with E-state index in [4.69, 9.17) is 0 Å². The minimum Gasteiger partial charge on any atom is -0.355 e. The van der Waals surface area contributed by atoms with E-state index in [0.29, 0.717) is 0 Å². The van der Waals surface area contributed by atoms with E-state index in [1.807, 2.05) is 6.92 Å². The molecule has 13 heavy (non-hydrogen) atoms. The molecule has 4 heteroatoms. The van der Waals surface area contributed by atoms with Gasteiger partial charge in [0.25, 0.3) is 11.5 Å². The Bertz CT molecular complexity index is 393. The molecule has 70 valence electrons. The van der Waals surface area contributed by atoms with Gasteiger partial charge in [0.05, 0.1) is 0 Å². The zero-order chi connectivity index (χ0) is 10.0. The van der Waals surface area contributed by atoms with Gasteiger partial charge in [0.2, 0.25) is 0 Å². The SMILES string of the molecule is CNC(=O)c1ccc(C)n(C)c1=O. The highest BCUT2D eigenvalue weighted by atomic mass is 16.2. The molecule has 0 aliphatic rings. The van der Waals surface area contributed by atoms with Gasteiger partial charge in [0, 0.05) is 19.8 Å². The van der Waals surface area contributed by atoms with Crippen molar-refractivity contribution in [2.24, 2.45) is 7.05 Å². The third kappa shape index (κ3) is 1.61. The quantitative estimate of drug-likeness (QED) is 0.664. The number of pyridine rings is 1. The van der Waals surface area contributed by atoms with Crippen LogP contribution in [-0.4, -0.2) is 17.5 Å². The molecule has 1 heterocycles. The van der Waals surface area contributed by atoms with Crippen molar-refractivity contribution in [1.82, 2.24) is 9.88 Å². The molecule has 0 bridgehead atoms. The van der Waals surface area contributed by atoms with Crippen LogP contribution in [0.4, 0.5) is 0 Å². The maximum Gasteiger partial charge on any atom is 0.263 e. The van der Waals surface area contributed by atoms with Crippen molar-refractivity contribution in [3.63, 3.8) is 0 Å². The van der Waals surface area contributed by atoms with Crippen LogP contribution in [0, 0.1) is 6.92 Å². The first-order valence-electron chi connectivity index (χ1n) is 3.96. The number of aryl methyl sites for hydroxylation is 1. The van der Waals surface area contributed by atoms with E-state index >= 15 is 0 Å². The summed E-state index contributed by atoms with van der Waals surface area (Å²) < 4.78 is 1.45. The van der Waals surface area contributed by atoms with Gasteiger partial charge in [-0.05, 0) is 19.1 Å². The average Bonchev–Trinajstić information content (AvgIpc) is 2.13. The van der Waals surface area contributed by atoms with Gasteiger partial charge in [-0.3, -0.25) is 9.59 Å². The molecule has 0 aromatic carbocycles. The van der Waals surface area contributed by atoms with Crippen LogP contribution in [0.5, 0.6) is 0 Å². The smallest absolute Gasteiger partial charge is 0.263 e. The molecule has 0 radical (unpaired) electrons. The average molecular weight is 180 g/mol. The molecular formula is C9H12N2O2. The zero-order valence-electron chi connectivity index (χ0n) is 7.92. The van der Waals surface area contributed by atoms with Gasteiger partial charge in [0.1, 0.15) is 5.56 Å². The standard InChI is InChI=1S/C9H12N2O2/c1-6-4-5-7(8(12)10-2)9(13)11(6)3/h4-5H,1-3H3,(H,10,12). The van der Waals surface area contributed by atoms with Gasteiger partial charge in [0.15, 0.2) is 0 Å². The molecule has 0 atom stereocenters. The van der Waals surface area contributed by atoms with Crippen molar-refractivity contribution in [2.45, 2.75) is 6.92 Å². The Hall–Kier alpha value is -1.58. The molecule has 0 aliphatic carbocycles. The summed E-state index contributed by atoms with van der Waals surface area (Å²) in [6.07, 6.45) is 0. The lowest BCUT2D eigenvalue weighted by atomic mass is 10.2. The highest BCUT2D eigenvalue weighted by molar-refractivity contribution is 5.93. The van der Waals surface area contributed by atoms with Crippen molar-refractivity contribution in [1.29, 1.82) is 0 Å². The van der Waals surface area contributed by atoms with Crippen LogP contribution in [0.25, 0.3) is 0 Å². The van der Waals surface area contributed by atoms with Gasteiger partial charge < -0.3 is 9.88 Å². The summed E-state index contributed by atoms with van der Waals surface area (Å²) in [5, 5.41) is 2.42. The molecule has 0 spiro atoms. The molecule has 1 aromatic heterocycles. The maximum atomic E-state index is 11.5. The second-order valence-corrected chi connectivity index (χ2v) is 2.83. The predicted octanol–water partition coefficient (Wildman–Crippen LogP) is 0.0533. The predicted molar refractivity (Wildman–Crippen MR) is 49.8 cm³/mol. The molecule has 1 aromatic rings. The van der Waals surface area contributed by atoms with E-state index in [0.717, 1.165) is 5.69 Å². The van der Waals surface area contributed by atoms with E-state index in [2.05, 4.69) is 5.32 Å². The molecule has 0 saturated carbocycles. The molecule has 0 unspecified atom stereocenters. The van der Waals surface area contributed by atoms with E-state index in [1.165, 1.54) is 17.7 Å². The number of rotatable bonds is 1. The largest absolute Gasteiger partial charge is 0.355 e. The van der Waals surface area contributed by atoms with Gasteiger partial charge in [-0.15, -0.1) is 0 Å². The number of carbonyl (C=O) groups is 1. The molecular weight excluding hydrogens is 168 g/mol. The monoisotopic (exact) mass is 180 g/mol. The zero-order valence-corrected chi connectivity index (χ0v) is 7.92. The lowest BCUT2D eigenvalue weighted by molar-refractivity contribution is 0.0961. The number of carbonyl (C=O) groups excluding carboxylic acids is 1. The summed E-state index contributed by atoms with van der Waals surface area (Å²) in [6.45, 7) is 1.81. The fraction of sp³-hybridized carbons (Fsp3) is 0.333. The van der Waals surface area contributed by atoms with Crippen LogP contribution in [0.3, 0.4) is 0 Å². The number of aromatic nitrogens is 1. The van der Waals surface area contributed by atoms with Crippen molar-refractivity contribution in [3.8, 4) is 0 Å². The number of hydrogen-bond donors (Lipinski definition) is 1. The number of hydrogen-bond acceptors (Lipinski definition) is 2. The third-order valence-corrected chi connectivity index (χ3v) is 2.03. The fourth-order valence-electron chi connectivity index (χ4n) is 1.04. The van der Waals surface area contributed by atoms with Crippen LogP contribution >= 0.6 is 0 Å². The Kier molecular flexibility index (Phi) is 2.51. The van der Waals surface area contributed by atoms with Crippen molar-refractivity contribution in [2.75, 3.05) is 7.05 Å². The van der Waals surface area contributed by atoms with Gasteiger partial charge in [-0.25, -0.2) is 0 Å². The van der Waals surface area contributed by atoms with Crippen LogP contribution < -0.4 is 10.9 Å². The minimum atomic E-state index is -0.347. The third-order valence-electron chi connectivity index (χ3n) is 2.03. The Morgan fingerprint density at radius 2 is 2.08 bits per heavy atom. The second kappa shape index (κ2) is 3.43. The molecule has 1 N–H and O–H groups in total. The Morgan fingerprint density at radius 3 is 2.62 bits per heavy atom. The highest BCUT2D eigenvalue weighted by Crippen LogP contribution is 1.95. The number of nitrogens with one attached hydrogen (secondary N) is 1.